The van der Waals surface area contributed by atoms with Crippen molar-refractivity contribution in [2.75, 3.05) is 5.32 Å². The van der Waals surface area contributed by atoms with Crippen LogP contribution in [0.3, 0.4) is 0 Å². The van der Waals surface area contributed by atoms with Crippen LogP contribution in [0, 0.1) is 41.2 Å². The number of ketones is 1. The second kappa shape index (κ2) is 6.26. The number of aromatic nitrogens is 5. The Kier molecular flexibility index (Phi) is 3.73. The summed E-state index contributed by atoms with van der Waals surface area (Å²) in [5.41, 5.74) is 0.699. The Morgan fingerprint density at radius 1 is 1.13 bits per heavy atom. The van der Waals surface area contributed by atoms with Gasteiger partial charge in [0, 0.05) is 12.0 Å². The minimum absolute atomic E-state index is 0.0631. The monoisotopic (exact) mass is 410 g/mol. The topological polar surface area (TPSA) is 96.5 Å². The number of carbonyl (C=O) groups excluding carboxylic acids is 1. The number of hydrogen-bond donors (Lipinski definition) is 2. The molecule has 0 amide bonds. The summed E-state index contributed by atoms with van der Waals surface area (Å²) in [7, 11) is 0. The van der Waals surface area contributed by atoms with E-state index in [1.54, 1.807) is 6.92 Å². The molecule has 2 N–H and O–H groups in total. The van der Waals surface area contributed by atoms with Crippen LogP contribution in [0.1, 0.15) is 26.2 Å². The van der Waals surface area contributed by atoms with E-state index in [0.29, 0.717) is 40.4 Å². The van der Waals surface area contributed by atoms with Gasteiger partial charge in [0.25, 0.3) is 0 Å². The van der Waals surface area contributed by atoms with Crippen LogP contribution in [0.4, 0.5) is 14.6 Å². The molecule has 4 aliphatic rings. The lowest BCUT2D eigenvalue weighted by atomic mass is 9.60. The second-order valence-corrected chi connectivity index (χ2v) is 8.79. The highest BCUT2D eigenvalue weighted by molar-refractivity contribution is 5.88. The number of pyridine rings is 1. The molecule has 0 aromatic carbocycles. The van der Waals surface area contributed by atoms with Crippen LogP contribution < -0.4 is 5.32 Å². The van der Waals surface area contributed by atoms with Gasteiger partial charge in [-0.1, -0.05) is 0 Å². The summed E-state index contributed by atoms with van der Waals surface area (Å²) in [5, 5.41) is 10.5. The third kappa shape index (κ3) is 2.57. The maximum atomic E-state index is 14.7. The van der Waals surface area contributed by atoms with Gasteiger partial charge in [0.2, 0.25) is 0 Å². The van der Waals surface area contributed by atoms with Gasteiger partial charge in [-0.15, -0.1) is 0 Å². The molecule has 0 unspecified atom stereocenters. The van der Waals surface area contributed by atoms with Crippen LogP contribution >= 0.6 is 0 Å². The highest BCUT2D eigenvalue weighted by atomic mass is 19.1. The molecule has 4 saturated carbocycles. The van der Waals surface area contributed by atoms with Gasteiger partial charge in [0.05, 0.1) is 17.8 Å². The first-order chi connectivity index (χ1) is 14.5. The number of rotatable bonds is 4. The van der Waals surface area contributed by atoms with Crippen molar-refractivity contribution in [1.29, 1.82) is 0 Å². The lowest BCUT2D eigenvalue weighted by Crippen LogP contribution is -2.52. The Hall–Kier alpha value is -2.97. The number of nitrogens with zero attached hydrogens (tertiary/aromatic N) is 4. The molecule has 0 saturated heterocycles. The minimum Gasteiger partial charge on any atom is -0.364 e. The third-order valence-electron chi connectivity index (χ3n) is 7.25. The summed E-state index contributed by atoms with van der Waals surface area (Å²) < 4.78 is 28.3. The van der Waals surface area contributed by atoms with E-state index in [1.807, 2.05) is 0 Å². The zero-order valence-electron chi connectivity index (χ0n) is 16.3. The largest absolute Gasteiger partial charge is 0.364 e. The number of hydrogen-bond acceptors (Lipinski definition) is 6. The van der Waals surface area contributed by atoms with Crippen molar-refractivity contribution < 1.29 is 13.6 Å². The maximum absolute atomic E-state index is 14.7. The summed E-state index contributed by atoms with van der Waals surface area (Å²) in [6.07, 6.45) is 5.48. The fourth-order valence-corrected chi connectivity index (χ4v) is 6.00. The zero-order valence-corrected chi connectivity index (χ0v) is 16.3. The molecule has 0 radical (unpaired) electrons. The number of fused-ring (bicyclic) bond motifs is 3. The molecule has 2 bridgehead atoms. The van der Waals surface area contributed by atoms with E-state index >= 15 is 0 Å². The van der Waals surface area contributed by atoms with Crippen LogP contribution in [-0.4, -0.2) is 37.0 Å². The molecule has 0 aliphatic heterocycles. The van der Waals surface area contributed by atoms with E-state index < -0.39 is 11.6 Å². The van der Waals surface area contributed by atoms with Crippen LogP contribution in [0.15, 0.2) is 18.5 Å². The lowest BCUT2D eigenvalue weighted by molar-refractivity contribution is -0.126. The number of halogens is 2. The first-order valence-electron chi connectivity index (χ1n) is 10.3. The molecule has 154 valence electrons. The van der Waals surface area contributed by atoms with Crippen LogP contribution in [-0.2, 0) is 4.79 Å². The van der Waals surface area contributed by atoms with Gasteiger partial charge in [-0.05, 0) is 55.9 Å². The Balaban J connectivity index is 1.37. The average molecular weight is 410 g/mol. The van der Waals surface area contributed by atoms with Crippen LogP contribution in [0.2, 0.25) is 0 Å². The van der Waals surface area contributed by atoms with Crippen LogP contribution in [0.5, 0.6) is 0 Å². The molecule has 7 rings (SSSR count). The number of anilines is 1. The normalized spacial score (nSPS) is 31.6. The predicted molar refractivity (Wildman–Crippen MR) is 104 cm³/mol. The molecule has 6 atom stereocenters. The van der Waals surface area contributed by atoms with Crippen molar-refractivity contribution in [3.8, 4) is 11.5 Å². The molecule has 3 aromatic heterocycles. The first kappa shape index (κ1) is 17.9. The summed E-state index contributed by atoms with van der Waals surface area (Å²) >= 11 is 0. The van der Waals surface area contributed by atoms with E-state index in [0.717, 1.165) is 25.2 Å². The molecule has 0 spiro atoms. The second-order valence-electron chi connectivity index (χ2n) is 8.79. The highest BCUT2D eigenvalue weighted by Gasteiger charge is 2.62. The Morgan fingerprint density at radius 3 is 2.77 bits per heavy atom. The van der Waals surface area contributed by atoms with Gasteiger partial charge in [-0.2, -0.15) is 5.10 Å². The smallest absolute Gasteiger partial charge is 0.183 e. The Labute approximate surface area is 170 Å². The number of H-pyrrole nitrogens is 1. The van der Waals surface area contributed by atoms with E-state index in [2.05, 4.69) is 30.5 Å². The summed E-state index contributed by atoms with van der Waals surface area (Å²) in [5.74, 6) is 1.23. The number of aromatic amines is 1. The highest BCUT2D eigenvalue weighted by Crippen LogP contribution is 2.64. The van der Waals surface area contributed by atoms with Crippen molar-refractivity contribution in [3.63, 3.8) is 0 Å². The van der Waals surface area contributed by atoms with Gasteiger partial charge < -0.3 is 5.32 Å². The van der Waals surface area contributed by atoms with Crippen LogP contribution in [0.25, 0.3) is 22.6 Å². The molecule has 30 heavy (non-hydrogen) atoms. The van der Waals surface area contributed by atoms with Gasteiger partial charge in [0.1, 0.15) is 17.3 Å². The molecule has 7 nitrogen and oxygen atoms in total. The van der Waals surface area contributed by atoms with E-state index in [1.165, 1.54) is 12.5 Å². The van der Waals surface area contributed by atoms with Crippen molar-refractivity contribution in [2.24, 2.45) is 29.6 Å². The first-order valence-corrected chi connectivity index (χ1v) is 10.3. The van der Waals surface area contributed by atoms with E-state index in [-0.39, 0.29) is 29.4 Å². The molecule has 4 aliphatic carbocycles. The predicted octanol–water partition coefficient (Wildman–Crippen LogP) is 3.35. The van der Waals surface area contributed by atoms with E-state index in [9.17, 15) is 13.6 Å². The van der Waals surface area contributed by atoms with Gasteiger partial charge >= 0.3 is 0 Å². The maximum Gasteiger partial charge on any atom is 0.183 e. The average Bonchev–Trinajstić information content (AvgIpc) is 3.45. The zero-order chi connectivity index (χ0) is 20.6. The quantitative estimate of drug-likeness (QED) is 0.685. The van der Waals surface area contributed by atoms with Gasteiger partial charge in [0.15, 0.2) is 23.1 Å². The van der Waals surface area contributed by atoms with Crippen molar-refractivity contribution in [2.45, 2.75) is 32.2 Å². The Morgan fingerprint density at radius 2 is 1.93 bits per heavy atom. The fraction of sp³-hybridized carbons (Fsp3) is 0.476. The molecular weight excluding hydrogens is 390 g/mol. The number of Topliss-reactive ketones (excluding diaryl/α,β-unsaturated/α-hetero) is 1. The summed E-state index contributed by atoms with van der Waals surface area (Å²) in [6, 6.07) is 1.17. The standard InChI is InChI=1S/C21H20F2N6O/c1-8(30)16-10-2-3-11(13-5-12(10)13)17(16)26-20-15(23)7-25-21(27-20)18-14-4-9(22)6-24-19(14)29-28-18/h4,6-7,10-13,16-17H,2-3,5H2,1H3,(H,24,28,29)(H,25,26,27)/t10-,11+,12-,13+,16-,17-/m0/s1. The minimum atomic E-state index is -0.581. The molecule has 4 fully saturated rings. The van der Waals surface area contributed by atoms with Gasteiger partial charge in [-0.3, -0.25) is 9.89 Å². The number of nitrogens with one attached hydrogen (secondary N) is 2. The molecule has 3 aromatic rings. The van der Waals surface area contributed by atoms with Crippen molar-refractivity contribution in [3.05, 3.63) is 30.1 Å². The summed E-state index contributed by atoms with van der Waals surface area (Å²) in [4.78, 5) is 24.8. The summed E-state index contributed by atoms with van der Waals surface area (Å²) in [6.45, 7) is 1.64. The van der Waals surface area contributed by atoms with E-state index in [4.69, 9.17) is 0 Å². The molecular formula is C21H20F2N6O. The Bertz CT molecular complexity index is 1180. The third-order valence-corrected chi connectivity index (χ3v) is 7.25. The SMILES string of the molecule is CC(=O)[C@H]1[C@H]2CC[C@H]([C@H]3C[C@H]32)[C@@H]1Nc1nc(-c2[nH]nc3ncc(F)cc23)ncc1F. The lowest BCUT2D eigenvalue weighted by Gasteiger charge is -2.47. The number of carbonyl (C=O) groups is 1. The molecule has 3 heterocycles. The van der Waals surface area contributed by atoms with Crippen molar-refractivity contribution in [1.82, 2.24) is 25.1 Å². The van der Waals surface area contributed by atoms with Crippen molar-refractivity contribution >= 4 is 22.6 Å². The molecule has 9 heteroatoms. The van der Waals surface area contributed by atoms with Gasteiger partial charge in [-0.25, -0.2) is 23.7 Å². The fourth-order valence-electron chi connectivity index (χ4n) is 6.00.